The van der Waals surface area contributed by atoms with E-state index in [4.69, 9.17) is 0 Å². The van der Waals surface area contributed by atoms with Crippen LogP contribution in [0.25, 0.3) is 10.9 Å². The second-order valence-corrected chi connectivity index (χ2v) is 4.71. The number of nitrogens with zero attached hydrogens (tertiary/aromatic N) is 2. The van der Waals surface area contributed by atoms with Crippen molar-refractivity contribution in [1.29, 1.82) is 0 Å². The Balaban J connectivity index is 2.68. The number of hydrogen-bond donors (Lipinski definition) is 1. The normalized spacial score (nSPS) is 11.9. The molecular weight excluding hydrogens is 202 g/mol. The molecule has 0 aliphatic rings. The molecule has 0 aromatic carbocycles. The molecule has 0 amide bonds. The van der Waals surface area contributed by atoms with Crippen LogP contribution < -0.4 is 5.56 Å². The Kier molecular flexibility index (Phi) is 2.58. The Morgan fingerprint density at radius 1 is 1.31 bits per heavy atom. The standard InChI is InChI=1S/C12H17N3O/c1-7(2)10-5-11-9(12(16)13-10)6-15(14-11)8(3)4/h5-8H,1-4H3,(H,13,16). The molecule has 0 saturated heterocycles. The van der Waals surface area contributed by atoms with Gasteiger partial charge in [-0.25, -0.2) is 0 Å². The van der Waals surface area contributed by atoms with Crippen LogP contribution in [0.5, 0.6) is 0 Å². The molecule has 2 aromatic rings. The summed E-state index contributed by atoms with van der Waals surface area (Å²) in [6.45, 7) is 8.19. The number of aromatic amines is 1. The molecule has 0 bridgehead atoms. The molecule has 0 unspecified atom stereocenters. The first-order valence-corrected chi connectivity index (χ1v) is 5.61. The van der Waals surface area contributed by atoms with Crippen molar-refractivity contribution in [2.24, 2.45) is 0 Å². The molecule has 0 spiro atoms. The fourth-order valence-corrected chi connectivity index (χ4v) is 1.64. The summed E-state index contributed by atoms with van der Waals surface area (Å²) in [6, 6.07) is 2.23. The Morgan fingerprint density at radius 3 is 2.56 bits per heavy atom. The van der Waals surface area contributed by atoms with Gasteiger partial charge in [0.15, 0.2) is 0 Å². The van der Waals surface area contributed by atoms with Crippen molar-refractivity contribution < 1.29 is 0 Å². The molecular formula is C12H17N3O. The number of nitrogens with one attached hydrogen (secondary N) is 1. The molecule has 86 valence electrons. The van der Waals surface area contributed by atoms with Gasteiger partial charge in [-0.2, -0.15) is 5.10 Å². The molecule has 2 heterocycles. The van der Waals surface area contributed by atoms with E-state index < -0.39 is 0 Å². The summed E-state index contributed by atoms with van der Waals surface area (Å²) >= 11 is 0. The smallest absolute Gasteiger partial charge is 0.259 e. The van der Waals surface area contributed by atoms with E-state index in [-0.39, 0.29) is 11.6 Å². The lowest BCUT2D eigenvalue weighted by Crippen LogP contribution is -2.09. The van der Waals surface area contributed by atoms with E-state index in [0.29, 0.717) is 11.3 Å². The Bertz CT molecular complexity index is 563. The van der Waals surface area contributed by atoms with Crippen molar-refractivity contribution in [2.75, 3.05) is 0 Å². The van der Waals surface area contributed by atoms with Gasteiger partial charge in [0.25, 0.3) is 5.56 Å². The summed E-state index contributed by atoms with van der Waals surface area (Å²) in [5, 5.41) is 5.08. The minimum absolute atomic E-state index is 0.0481. The maximum Gasteiger partial charge on any atom is 0.259 e. The van der Waals surface area contributed by atoms with Crippen molar-refractivity contribution in [3.63, 3.8) is 0 Å². The summed E-state index contributed by atoms with van der Waals surface area (Å²) in [5.74, 6) is 0.307. The molecule has 4 heteroatoms. The zero-order valence-electron chi connectivity index (χ0n) is 10.1. The summed E-state index contributed by atoms with van der Waals surface area (Å²) < 4.78 is 1.82. The number of rotatable bonds is 2. The molecule has 0 atom stereocenters. The first-order valence-electron chi connectivity index (χ1n) is 5.61. The van der Waals surface area contributed by atoms with Crippen LogP contribution in [0, 0.1) is 0 Å². The van der Waals surface area contributed by atoms with Gasteiger partial charge in [0.2, 0.25) is 0 Å². The Hall–Kier alpha value is -1.58. The second kappa shape index (κ2) is 3.77. The SMILES string of the molecule is CC(C)c1cc2nn(C(C)C)cc2c(=O)[nH]1. The minimum atomic E-state index is -0.0481. The average Bonchev–Trinajstić information content (AvgIpc) is 2.61. The van der Waals surface area contributed by atoms with Gasteiger partial charge in [0.05, 0.1) is 10.9 Å². The van der Waals surface area contributed by atoms with Crippen LogP contribution in [-0.4, -0.2) is 14.8 Å². The van der Waals surface area contributed by atoms with Crippen LogP contribution in [0.4, 0.5) is 0 Å². The van der Waals surface area contributed by atoms with Gasteiger partial charge in [-0.3, -0.25) is 9.48 Å². The van der Waals surface area contributed by atoms with Crippen LogP contribution in [0.1, 0.15) is 45.3 Å². The van der Waals surface area contributed by atoms with Gasteiger partial charge in [-0.15, -0.1) is 0 Å². The lowest BCUT2D eigenvalue weighted by atomic mass is 10.1. The first kappa shape index (κ1) is 10.9. The molecule has 0 aliphatic carbocycles. The molecule has 1 N–H and O–H groups in total. The van der Waals surface area contributed by atoms with Crippen LogP contribution >= 0.6 is 0 Å². The summed E-state index contributed by atoms with van der Waals surface area (Å²) in [7, 11) is 0. The molecule has 0 fully saturated rings. The third-order valence-corrected chi connectivity index (χ3v) is 2.71. The van der Waals surface area contributed by atoms with Crippen molar-refractivity contribution in [1.82, 2.24) is 14.8 Å². The van der Waals surface area contributed by atoms with E-state index in [1.807, 2.05) is 30.8 Å². The lowest BCUT2D eigenvalue weighted by Gasteiger charge is -2.03. The summed E-state index contributed by atoms with van der Waals surface area (Å²) in [6.07, 6.45) is 1.81. The highest BCUT2D eigenvalue weighted by Crippen LogP contribution is 2.16. The van der Waals surface area contributed by atoms with E-state index in [1.54, 1.807) is 0 Å². The van der Waals surface area contributed by atoms with Gasteiger partial charge < -0.3 is 4.98 Å². The topological polar surface area (TPSA) is 50.7 Å². The van der Waals surface area contributed by atoms with Crippen LogP contribution in [0.3, 0.4) is 0 Å². The van der Waals surface area contributed by atoms with Crippen LogP contribution in [0.15, 0.2) is 17.1 Å². The number of fused-ring (bicyclic) bond motifs is 1. The lowest BCUT2D eigenvalue weighted by molar-refractivity contribution is 0.537. The zero-order valence-corrected chi connectivity index (χ0v) is 10.1. The third-order valence-electron chi connectivity index (χ3n) is 2.71. The minimum Gasteiger partial charge on any atom is -0.325 e. The molecule has 16 heavy (non-hydrogen) atoms. The number of aromatic nitrogens is 3. The first-order chi connectivity index (χ1) is 7.49. The second-order valence-electron chi connectivity index (χ2n) is 4.71. The van der Waals surface area contributed by atoms with Crippen LogP contribution in [0.2, 0.25) is 0 Å². The monoisotopic (exact) mass is 219 g/mol. The van der Waals surface area contributed by atoms with Crippen molar-refractivity contribution >= 4 is 10.9 Å². The highest BCUT2D eigenvalue weighted by molar-refractivity contribution is 5.77. The van der Waals surface area contributed by atoms with E-state index >= 15 is 0 Å². The maximum absolute atomic E-state index is 11.8. The number of pyridine rings is 1. The van der Waals surface area contributed by atoms with E-state index in [1.165, 1.54) is 0 Å². The van der Waals surface area contributed by atoms with Crippen LogP contribution in [-0.2, 0) is 0 Å². The quantitative estimate of drug-likeness (QED) is 0.843. The molecule has 2 aromatic heterocycles. The van der Waals surface area contributed by atoms with Crippen molar-refractivity contribution in [3.8, 4) is 0 Å². The summed E-state index contributed by atoms with van der Waals surface area (Å²) in [4.78, 5) is 14.7. The maximum atomic E-state index is 11.8. The predicted molar refractivity (Wildman–Crippen MR) is 64.8 cm³/mol. The number of H-pyrrole nitrogens is 1. The molecule has 0 aliphatic heterocycles. The Morgan fingerprint density at radius 2 is 2.00 bits per heavy atom. The van der Waals surface area contributed by atoms with E-state index in [9.17, 15) is 4.79 Å². The van der Waals surface area contributed by atoms with Gasteiger partial charge >= 0.3 is 0 Å². The molecule has 2 rings (SSSR count). The summed E-state index contributed by atoms with van der Waals surface area (Å²) in [5.41, 5.74) is 1.67. The molecule has 0 radical (unpaired) electrons. The fraction of sp³-hybridized carbons (Fsp3) is 0.500. The van der Waals surface area contributed by atoms with Gasteiger partial charge in [0, 0.05) is 17.9 Å². The predicted octanol–water partition coefficient (Wildman–Crippen LogP) is 2.43. The molecule has 4 nitrogen and oxygen atoms in total. The fourth-order valence-electron chi connectivity index (χ4n) is 1.64. The number of hydrogen-bond acceptors (Lipinski definition) is 2. The van der Waals surface area contributed by atoms with Gasteiger partial charge in [0.1, 0.15) is 0 Å². The largest absolute Gasteiger partial charge is 0.325 e. The third kappa shape index (κ3) is 1.75. The average molecular weight is 219 g/mol. The Labute approximate surface area is 94.3 Å². The molecule has 0 saturated carbocycles. The highest BCUT2D eigenvalue weighted by atomic mass is 16.1. The van der Waals surface area contributed by atoms with E-state index in [2.05, 4.69) is 23.9 Å². The van der Waals surface area contributed by atoms with Gasteiger partial charge in [-0.05, 0) is 25.8 Å². The zero-order chi connectivity index (χ0) is 11.9. The van der Waals surface area contributed by atoms with Crippen molar-refractivity contribution in [2.45, 2.75) is 39.7 Å². The van der Waals surface area contributed by atoms with Crippen molar-refractivity contribution in [3.05, 3.63) is 28.3 Å². The highest BCUT2D eigenvalue weighted by Gasteiger charge is 2.09. The van der Waals surface area contributed by atoms with Gasteiger partial charge in [-0.1, -0.05) is 13.8 Å². The van der Waals surface area contributed by atoms with E-state index in [0.717, 1.165) is 11.2 Å².